The lowest BCUT2D eigenvalue weighted by Crippen LogP contribution is -2.46. The van der Waals surface area contributed by atoms with Crippen LogP contribution >= 0.6 is 31.2 Å². The van der Waals surface area contributed by atoms with Gasteiger partial charge in [0, 0.05) is 82.3 Å². The van der Waals surface area contributed by atoms with Crippen LogP contribution in [-0.4, -0.2) is 92.4 Å². The van der Waals surface area contributed by atoms with Crippen molar-refractivity contribution >= 4 is 79.8 Å². The van der Waals surface area contributed by atoms with Crippen molar-refractivity contribution in [2.75, 3.05) is 58.4 Å². The summed E-state index contributed by atoms with van der Waals surface area (Å²) in [4.78, 5) is 34.1. The fourth-order valence-electron chi connectivity index (χ4n) is 8.40. The number of carbonyl (C=O) groups is 1. The Labute approximate surface area is 418 Å². The average molecular weight is 1080 g/mol. The number of phosphoric acid groups is 1. The number of sulfone groups is 1. The molecule has 0 saturated carbocycles. The molecule has 378 valence electrons. The molecule has 7 rings (SSSR count). The second-order valence-corrected chi connectivity index (χ2v) is 23.2. The van der Waals surface area contributed by atoms with E-state index in [9.17, 15) is 54.3 Å². The van der Waals surface area contributed by atoms with Crippen LogP contribution in [0.1, 0.15) is 42.4 Å². The number of aromatic nitrogens is 1. The molecule has 0 radical (unpaired) electrons. The van der Waals surface area contributed by atoms with E-state index in [1.165, 1.54) is 23.9 Å². The van der Waals surface area contributed by atoms with Crippen molar-refractivity contribution in [3.8, 4) is 22.4 Å². The Morgan fingerprint density at radius 1 is 0.831 bits per heavy atom. The summed E-state index contributed by atoms with van der Waals surface area (Å²) in [6.07, 6.45) is -0.185. The first-order chi connectivity index (χ1) is 33.4. The molecule has 23 heteroatoms. The van der Waals surface area contributed by atoms with Crippen LogP contribution in [0.3, 0.4) is 0 Å². The third-order valence-electron chi connectivity index (χ3n) is 11.7. The Morgan fingerprint density at radius 3 is 2.06 bits per heavy atom. The Hall–Kier alpha value is -5.51. The molecule has 6 aromatic rings. The Kier molecular flexibility index (Phi) is 16.3. The predicted molar refractivity (Wildman–Crippen MR) is 271 cm³/mol. The van der Waals surface area contributed by atoms with Crippen LogP contribution in [0, 0.1) is 6.92 Å². The number of halogens is 4. The Morgan fingerprint density at radius 2 is 1.46 bits per heavy atom. The number of alkyl halides is 3. The lowest BCUT2D eigenvalue weighted by molar-refractivity contribution is -0.0436. The van der Waals surface area contributed by atoms with Gasteiger partial charge < -0.3 is 34.6 Å². The van der Waals surface area contributed by atoms with E-state index < -0.39 is 67.3 Å². The van der Waals surface area contributed by atoms with Gasteiger partial charge in [-0.25, -0.2) is 26.2 Å². The van der Waals surface area contributed by atoms with Gasteiger partial charge in [0.1, 0.15) is 4.90 Å². The highest BCUT2D eigenvalue weighted by molar-refractivity contribution is 7.99. The maximum absolute atomic E-state index is 14.1. The molecule has 1 saturated heterocycles. The van der Waals surface area contributed by atoms with Crippen molar-refractivity contribution in [3.05, 3.63) is 138 Å². The maximum atomic E-state index is 14.1. The van der Waals surface area contributed by atoms with E-state index in [1.807, 2.05) is 61.7 Å². The molecule has 2 heterocycles. The SMILES string of the molecule is Cc1c(C(=O)O)c(-c2cccc(N3CCN(c4ccc(NS(=O)(=O)c5ccc(N[C@H](CCOP(=O)(O)O)CSc6ccccc6)c(S(=O)(=O)C(F)(F)F)c5)cc4)CC3)c2)c(-c2ccc(Cl)cc2)n1C(C)C. The summed E-state index contributed by atoms with van der Waals surface area (Å²) in [7, 11) is -15.7. The number of benzene rings is 5. The van der Waals surface area contributed by atoms with Gasteiger partial charge in [0.15, 0.2) is 0 Å². The van der Waals surface area contributed by atoms with Gasteiger partial charge in [-0.15, -0.1) is 11.8 Å². The molecule has 0 aliphatic carbocycles. The van der Waals surface area contributed by atoms with Gasteiger partial charge in [-0.2, -0.15) is 13.2 Å². The number of hydrogen-bond acceptors (Lipinski definition) is 11. The minimum atomic E-state index is -6.15. The second-order valence-electron chi connectivity index (χ2n) is 16.8. The number of hydrogen-bond donors (Lipinski definition) is 5. The number of carboxylic acids is 1. The van der Waals surface area contributed by atoms with Crippen molar-refractivity contribution in [3.63, 3.8) is 0 Å². The van der Waals surface area contributed by atoms with Gasteiger partial charge in [0.2, 0.25) is 0 Å². The molecule has 5 N–H and O–H groups in total. The zero-order valence-corrected chi connectivity index (χ0v) is 42.5. The lowest BCUT2D eigenvalue weighted by Gasteiger charge is -2.37. The molecule has 1 aliphatic rings. The summed E-state index contributed by atoms with van der Waals surface area (Å²) >= 11 is 7.47. The second kappa shape index (κ2) is 21.7. The normalized spacial score (nSPS) is 14.2. The van der Waals surface area contributed by atoms with Gasteiger partial charge >= 0.3 is 19.3 Å². The first kappa shape index (κ1) is 53.3. The van der Waals surface area contributed by atoms with E-state index in [0.29, 0.717) is 48.5 Å². The minimum absolute atomic E-state index is 0.0456. The number of nitrogens with one attached hydrogen (secondary N) is 2. The molecule has 0 spiro atoms. The van der Waals surface area contributed by atoms with Crippen LogP contribution in [-0.2, 0) is 28.9 Å². The number of nitrogens with zero attached hydrogens (tertiary/aromatic N) is 3. The number of piperazine rings is 1. The summed E-state index contributed by atoms with van der Waals surface area (Å²) < 4.78 is 116. The van der Waals surface area contributed by atoms with E-state index in [4.69, 9.17) is 11.6 Å². The van der Waals surface area contributed by atoms with E-state index in [2.05, 4.69) is 24.4 Å². The highest BCUT2D eigenvalue weighted by atomic mass is 35.5. The summed E-state index contributed by atoms with van der Waals surface area (Å²) in [5.74, 6) is -0.954. The van der Waals surface area contributed by atoms with Crippen LogP contribution in [0.4, 0.5) is 35.9 Å². The van der Waals surface area contributed by atoms with Crippen LogP contribution in [0.5, 0.6) is 0 Å². The number of sulfonamides is 1. The molecule has 5 aromatic carbocycles. The Balaban J connectivity index is 1.07. The Bertz CT molecular complexity index is 3150. The zero-order chi connectivity index (χ0) is 51.5. The first-order valence-electron chi connectivity index (χ1n) is 22.0. The average Bonchev–Trinajstić information content (AvgIpc) is 3.64. The number of aromatic carboxylic acids is 1. The van der Waals surface area contributed by atoms with Crippen LogP contribution in [0.25, 0.3) is 22.4 Å². The van der Waals surface area contributed by atoms with Crippen molar-refractivity contribution in [2.24, 2.45) is 0 Å². The van der Waals surface area contributed by atoms with Gasteiger partial charge in [0.05, 0.1) is 28.4 Å². The lowest BCUT2D eigenvalue weighted by atomic mass is 9.96. The molecule has 0 unspecified atom stereocenters. The summed E-state index contributed by atoms with van der Waals surface area (Å²) in [6, 6.07) is 31.5. The molecule has 1 aromatic heterocycles. The third-order valence-corrected chi connectivity index (χ3v) is 16.6. The van der Waals surface area contributed by atoms with Crippen LogP contribution < -0.4 is 19.8 Å². The van der Waals surface area contributed by atoms with Crippen LogP contribution in [0.15, 0.2) is 136 Å². The molecule has 71 heavy (non-hydrogen) atoms. The van der Waals surface area contributed by atoms with E-state index >= 15 is 0 Å². The molecule has 0 amide bonds. The topological polar surface area (TPSA) is 208 Å². The predicted octanol–water partition coefficient (Wildman–Crippen LogP) is 10.6. The number of rotatable bonds is 19. The van der Waals surface area contributed by atoms with Gasteiger partial charge in [-0.1, -0.05) is 54.1 Å². The standard InChI is InChI=1S/C48H50ClF3N5O10PS3/c1-31(2)57-32(3)44(47(58)59)45(46(57)33-12-14-35(49)15-13-33)34-8-7-9-39(28-34)56-25-23-55(24-26-56)38-18-16-36(17-19-38)54-71(65,66)41-20-21-42(43(29-41)70(63,64)48(50,51)52)53-37(22-27-67-68(60,61)62)30-69-40-10-5-4-6-11-40/h4-21,28-29,31,37,53-54H,22-27,30H2,1-3H3,(H,58,59)(H2,60,61,62)/t37-/m1/s1. The number of phosphoric ester groups is 1. The van der Waals surface area contributed by atoms with Crippen molar-refractivity contribution in [2.45, 2.75) is 59.5 Å². The van der Waals surface area contributed by atoms with Crippen molar-refractivity contribution < 1.29 is 58.8 Å². The van der Waals surface area contributed by atoms with Gasteiger partial charge in [-0.05, 0) is 117 Å². The first-order valence-corrected chi connectivity index (χ1v) is 27.9. The summed E-state index contributed by atoms with van der Waals surface area (Å²) in [6.45, 7) is 7.58. The summed E-state index contributed by atoms with van der Waals surface area (Å²) in [5.41, 5.74) is -0.915. The zero-order valence-electron chi connectivity index (χ0n) is 38.4. The number of carboxylic acid groups (broad SMARTS) is 1. The van der Waals surface area contributed by atoms with Crippen molar-refractivity contribution in [1.82, 2.24) is 4.57 Å². The fraction of sp³-hybridized carbons (Fsp3) is 0.271. The fourth-order valence-corrected chi connectivity index (χ4v) is 12.0. The molecular weight excluding hydrogens is 1030 g/mol. The van der Waals surface area contributed by atoms with Gasteiger partial charge in [-0.3, -0.25) is 9.25 Å². The minimum Gasteiger partial charge on any atom is -0.478 e. The quantitative estimate of drug-likeness (QED) is 0.0378. The van der Waals surface area contributed by atoms with E-state index in [-0.39, 0.29) is 29.5 Å². The highest BCUT2D eigenvalue weighted by Gasteiger charge is 2.48. The van der Waals surface area contributed by atoms with Crippen molar-refractivity contribution in [1.29, 1.82) is 0 Å². The van der Waals surface area contributed by atoms with E-state index in [0.717, 1.165) is 45.2 Å². The molecule has 15 nitrogen and oxygen atoms in total. The molecule has 1 atom stereocenters. The monoisotopic (exact) mass is 1080 g/mol. The highest BCUT2D eigenvalue weighted by Crippen LogP contribution is 2.43. The molecule has 0 bridgehead atoms. The maximum Gasteiger partial charge on any atom is 0.501 e. The molecule has 1 aliphatic heterocycles. The molecular formula is C48H50ClF3N5O10PS3. The van der Waals surface area contributed by atoms with Crippen LogP contribution in [0.2, 0.25) is 5.02 Å². The molecule has 1 fully saturated rings. The number of thioether (sulfide) groups is 1. The third kappa shape index (κ3) is 12.6. The smallest absolute Gasteiger partial charge is 0.478 e. The number of anilines is 4. The van der Waals surface area contributed by atoms with Gasteiger partial charge in [0.25, 0.3) is 19.9 Å². The summed E-state index contributed by atoms with van der Waals surface area (Å²) in [5, 5.41) is 13.8. The largest absolute Gasteiger partial charge is 0.501 e. The van der Waals surface area contributed by atoms with E-state index in [1.54, 1.807) is 54.6 Å².